The van der Waals surface area contributed by atoms with Gasteiger partial charge in [-0.15, -0.1) is 0 Å². The van der Waals surface area contributed by atoms with Crippen molar-refractivity contribution in [2.24, 2.45) is 4.99 Å². The number of alkyl halides is 3. The fourth-order valence-electron chi connectivity index (χ4n) is 2.68. The van der Waals surface area contributed by atoms with Crippen molar-refractivity contribution in [2.75, 3.05) is 0 Å². The Balaban J connectivity index is 2.13. The van der Waals surface area contributed by atoms with Gasteiger partial charge in [-0.1, -0.05) is 30.3 Å². The third kappa shape index (κ3) is 3.33. The van der Waals surface area contributed by atoms with Gasteiger partial charge in [-0.3, -0.25) is 9.79 Å². The largest absolute Gasteiger partial charge is 0.416 e. The van der Waals surface area contributed by atoms with Crippen LogP contribution in [0.3, 0.4) is 0 Å². The zero-order valence-corrected chi connectivity index (χ0v) is 13.6. The number of aromatic nitrogens is 1. The molecule has 0 fully saturated rings. The molecule has 6 heteroatoms. The first kappa shape index (κ1) is 17.0. The molecule has 1 aliphatic heterocycles. The molecule has 0 radical (unpaired) electrons. The molecule has 0 aromatic heterocycles. The summed E-state index contributed by atoms with van der Waals surface area (Å²) in [5, 5.41) is 0. The van der Waals surface area contributed by atoms with Crippen LogP contribution in [-0.2, 0) is 6.18 Å². The number of nitrogens with zero attached hydrogens (tertiary/aromatic N) is 1. The van der Waals surface area contributed by atoms with Crippen LogP contribution < -0.4 is 5.56 Å². The van der Waals surface area contributed by atoms with E-state index in [4.69, 9.17) is 0 Å². The Bertz CT molecular complexity index is 987. The van der Waals surface area contributed by atoms with Gasteiger partial charge in [-0.05, 0) is 37.6 Å². The van der Waals surface area contributed by atoms with Gasteiger partial charge in [-0.2, -0.15) is 13.2 Å². The van der Waals surface area contributed by atoms with Crippen molar-refractivity contribution in [1.82, 2.24) is 4.98 Å². The highest BCUT2D eigenvalue weighted by atomic mass is 19.4. The van der Waals surface area contributed by atoms with Crippen molar-refractivity contribution in [3.8, 4) is 11.3 Å². The Morgan fingerprint density at radius 2 is 1.80 bits per heavy atom. The molecule has 0 saturated carbocycles. The minimum Gasteiger partial charge on any atom is -0.321 e. The molecule has 1 N–H and O–H groups in total. The summed E-state index contributed by atoms with van der Waals surface area (Å²) < 4.78 is 38.8. The average Bonchev–Trinajstić information content (AvgIpc) is 2.68. The number of halogens is 3. The highest BCUT2D eigenvalue weighted by molar-refractivity contribution is 6.05. The number of rotatable bonds is 2. The van der Waals surface area contributed by atoms with E-state index >= 15 is 0 Å². The molecular formula is C19H15F3N2O. The van der Waals surface area contributed by atoms with Crippen LogP contribution in [0.1, 0.15) is 23.6 Å². The van der Waals surface area contributed by atoms with Crippen molar-refractivity contribution in [3.63, 3.8) is 0 Å². The Kier molecular flexibility index (Phi) is 4.20. The second-order valence-corrected chi connectivity index (χ2v) is 5.76. The van der Waals surface area contributed by atoms with Crippen LogP contribution in [0.2, 0.25) is 0 Å². The van der Waals surface area contributed by atoms with Gasteiger partial charge in [0.1, 0.15) is 0 Å². The van der Waals surface area contributed by atoms with E-state index in [1.807, 2.05) is 6.07 Å². The van der Waals surface area contributed by atoms with Crippen molar-refractivity contribution >= 4 is 11.4 Å². The van der Waals surface area contributed by atoms with Crippen LogP contribution in [0, 0.1) is 6.92 Å². The fraction of sp³-hybridized carbons (Fsp3) is 0.158. The highest BCUT2D eigenvalue weighted by Gasteiger charge is 2.30. The minimum atomic E-state index is -4.44. The summed E-state index contributed by atoms with van der Waals surface area (Å²) >= 11 is 0. The van der Waals surface area contributed by atoms with Gasteiger partial charge in [0.05, 0.1) is 22.5 Å². The van der Waals surface area contributed by atoms with E-state index in [0.717, 1.165) is 12.1 Å². The number of aromatic amines is 1. The topological polar surface area (TPSA) is 45.2 Å². The molecule has 3 nitrogen and oxygen atoms in total. The smallest absolute Gasteiger partial charge is 0.321 e. The van der Waals surface area contributed by atoms with E-state index in [9.17, 15) is 18.0 Å². The molecule has 25 heavy (non-hydrogen) atoms. The number of aliphatic imine (C=N–C) groups is 1. The van der Waals surface area contributed by atoms with Gasteiger partial charge in [0.15, 0.2) is 0 Å². The molecule has 1 aliphatic carbocycles. The van der Waals surface area contributed by atoms with Crippen molar-refractivity contribution in [3.05, 3.63) is 75.6 Å². The highest BCUT2D eigenvalue weighted by Crippen LogP contribution is 2.33. The van der Waals surface area contributed by atoms with E-state index in [-0.39, 0.29) is 11.2 Å². The first-order valence-electron chi connectivity index (χ1n) is 7.62. The quantitative estimate of drug-likeness (QED) is 0.657. The Labute approximate surface area is 142 Å². The summed E-state index contributed by atoms with van der Waals surface area (Å²) in [6.07, 6.45) is -4.44. The van der Waals surface area contributed by atoms with E-state index in [1.165, 1.54) is 6.07 Å². The number of H-pyrrole nitrogens is 1. The summed E-state index contributed by atoms with van der Waals surface area (Å²) in [5.41, 5.74) is 1.78. The van der Waals surface area contributed by atoms with Crippen molar-refractivity contribution in [1.29, 1.82) is 0 Å². The third-order valence-electron chi connectivity index (χ3n) is 3.97. The number of benzene rings is 1. The molecule has 128 valence electrons. The van der Waals surface area contributed by atoms with Crippen LogP contribution in [0.15, 0.2) is 58.3 Å². The van der Waals surface area contributed by atoms with E-state index in [1.54, 1.807) is 38.1 Å². The van der Waals surface area contributed by atoms with Crippen LogP contribution in [0.4, 0.5) is 18.9 Å². The van der Waals surface area contributed by atoms with Crippen LogP contribution in [-0.4, -0.2) is 10.7 Å². The summed E-state index contributed by atoms with van der Waals surface area (Å²) in [6, 6.07) is 12.4. The maximum absolute atomic E-state index is 12.9. The number of nitrogens with one attached hydrogen (secondary N) is 1. The SMILES string of the molecule is CC(=Nc1cc(C(F)(F)F)ccc1C)c1c2cccccc-2[nH]c1=O. The molecule has 2 aliphatic rings. The average molecular weight is 344 g/mol. The molecule has 3 rings (SSSR count). The van der Waals surface area contributed by atoms with Crippen LogP contribution >= 0.6 is 0 Å². The predicted molar refractivity (Wildman–Crippen MR) is 91.7 cm³/mol. The summed E-state index contributed by atoms with van der Waals surface area (Å²) in [6.45, 7) is 3.30. The first-order valence-corrected chi connectivity index (χ1v) is 7.62. The lowest BCUT2D eigenvalue weighted by molar-refractivity contribution is -0.137. The lowest BCUT2D eigenvalue weighted by atomic mass is 10.1. The molecule has 0 saturated heterocycles. The monoisotopic (exact) mass is 344 g/mol. The molecular weight excluding hydrogens is 329 g/mol. The van der Waals surface area contributed by atoms with Crippen LogP contribution in [0.5, 0.6) is 0 Å². The normalized spacial score (nSPS) is 12.6. The molecule has 1 aromatic carbocycles. The second-order valence-electron chi connectivity index (χ2n) is 5.76. The zero-order chi connectivity index (χ0) is 18.2. The molecule has 1 aromatic rings. The number of fused-ring (bicyclic) bond motifs is 1. The number of aryl methyl sites for hydroxylation is 1. The van der Waals surface area contributed by atoms with Gasteiger partial charge in [0, 0.05) is 11.3 Å². The van der Waals surface area contributed by atoms with Gasteiger partial charge >= 0.3 is 6.18 Å². The Morgan fingerprint density at radius 3 is 2.52 bits per heavy atom. The van der Waals surface area contributed by atoms with E-state index in [2.05, 4.69) is 9.98 Å². The summed E-state index contributed by atoms with van der Waals surface area (Å²) in [7, 11) is 0. The standard InChI is InChI=1S/C19H15F3N2O/c1-11-8-9-13(19(20,21)22)10-16(11)23-12(2)17-14-6-4-3-5-7-15(14)24-18(17)25/h3-10H,1-2H3,(H,24,25). The van der Waals surface area contributed by atoms with Crippen LogP contribution in [0.25, 0.3) is 11.3 Å². The lowest BCUT2D eigenvalue weighted by Gasteiger charge is -2.09. The first-order chi connectivity index (χ1) is 11.8. The molecule has 0 atom stereocenters. The maximum atomic E-state index is 12.9. The molecule has 0 bridgehead atoms. The van der Waals surface area contributed by atoms with Gasteiger partial charge in [0.25, 0.3) is 5.56 Å². The zero-order valence-electron chi connectivity index (χ0n) is 13.6. The van der Waals surface area contributed by atoms with E-state index < -0.39 is 11.7 Å². The molecule has 0 unspecified atom stereocenters. The molecule has 1 heterocycles. The lowest BCUT2D eigenvalue weighted by Crippen LogP contribution is -2.10. The summed E-state index contributed by atoms with van der Waals surface area (Å²) in [5.74, 6) is 0. The van der Waals surface area contributed by atoms with Gasteiger partial charge in [-0.25, -0.2) is 0 Å². The van der Waals surface area contributed by atoms with Crippen molar-refractivity contribution in [2.45, 2.75) is 20.0 Å². The predicted octanol–water partition coefficient (Wildman–Crippen LogP) is 4.95. The second kappa shape index (κ2) is 6.20. The number of hydrogen-bond donors (Lipinski definition) is 1. The van der Waals surface area contributed by atoms with Gasteiger partial charge < -0.3 is 4.98 Å². The molecule has 0 amide bonds. The Morgan fingerprint density at radius 1 is 1.08 bits per heavy atom. The third-order valence-corrected chi connectivity index (χ3v) is 3.97. The molecule has 0 spiro atoms. The maximum Gasteiger partial charge on any atom is 0.416 e. The Hall–Kier alpha value is -2.89. The van der Waals surface area contributed by atoms with Crippen molar-refractivity contribution < 1.29 is 13.2 Å². The summed E-state index contributed by atoms with van der Waals surface area (Å²) in [4.78, 5) is 19.3. The number of hydrogen-bond acceptors (Lipinski definition) is 2. The van der Waals surface area contributed by atoms with Gasteiger partial charge in [0.2, 0.25) is 0 Å². The fourth-order valence-corrected chi connectivity index (χ4v) is 2.68. The minimum absolute atomic E-state index is 0.196. The van der Waals surface area contributed by atoms with E-state index in [0.29, 0.717) is 28.1 Å².